The molecule has 0 bridgehead atoms. The Morgan fingerprint density at radius 3 is 2.54 bits per heavy atom. The Bertz CT molecular complexity index is 335. The summed E-state index contributed by atoms with van der Waals surface area (Å²) in [5, 5.41) is 3.90. The number of amides is 1. The third-order valence-corrected chi connectivity index (χ3v) is 3.27. The zero-order valence-corrected chi connectivity index (χ0v) is 12.4. The Balaban J connectivity index is 0.000000396. The minimum atomic E-state index is 0.134. The van der Waals surface area contributed by atoms with E-state index in [2.05, 4.69) is 56.4 Å². The number of hydrogen-bond donors (Lipinski definition) is 1. The molecule has 1 aromatic heterocycles. The van der Waals surface area contributed by atoms with Crippen LogP contribution < -0.4 is 5.32 Å². The Morgan fingerprint density at radius 1 is 1.38 bits per heavy atom. The highest BCUT2D eigenvalue weighted by molar-refractivity contribution is 15.0. The molecule has 1 aliphatic heterocycles. The van der Waals surface area contributed by atoms with Crippen molar-refractivity contribution in [3.8, 4) is 0 Å². The number of thiophene rings is 1. The molecule has 0 atom stereocenters. The molecule has 2 nitrogen and oxygen atoms in total. The first-order valence-corrected chi connectivity index (χ1v) is 10.8. The van der Waals surface area contributed by atoms with Crippen LogP contribution in [0.3, 0.4) is 0 Å². The maximum Gasteiger partial charge on any atom is 0.229 e. The summed E-state index contributed by atoms with van der Waals surface area (Å²) < 4.78 is 0. The minimum Gasteiger partial charge on any atom is -0.317 e. The molecule has 72 valence electrons. The van der Waals surface area contributed by atoms with Gasteiger partial charge in [-0.1, -0.05) is 0 Å². The van der Waals surface area contributed by atoms with Crippen LogP contribution in [0.15, 0.2) is 0 Å². The molecule has 5 heteroatoms. The molecule has 1 N–H and O–H groups in total. The number of nitrogens with one attached hydrogen (secondary N) is 1. The molecular weight excluding hydrogens is 412 g/mol. The van der Waals surface area contributed by atoms with Crippen LogP contribution in [0, 0.1) is 13.8 Å². The van der Waals surface area contributed by atoms with Crippen molar-refractivity contribution in [1.29, 1.82) is 0 Å². The van der Waals surface area contributed by atoms with Crippen LogP contribution >= 0.6 is 48.6 Å². The van der Waals surface area contributed by atoms with Crippen molar-refractivity contribution < 1.29 is 4.79 Å². The predicted molar refractivity (Wildman–Crippen MR) is 74.2 cm³/mol. The number of halogens is 2. The van der Waals surface area contributed by atoms with Crippen LogP contribution in [0.5, 0.6) is 0 Å². The van der Waals surface area contributed by atoms with Crippen molar-refractivity contribution in [2.75, 3.05) is 5.32 Å². The molecule has 1 aromatic rings. The van der Waals surface area contributed by atoms with Crippen LogP contribution in [-0.4, -0.2) is 5.91 Å². The van der Waals surface area contributed by atoms with Gasteiger partial charge in [0.1, 0.15) is 0 Å². The molecule has 0 spiro atoms. The lowest BCUT2D eigenvalue weighted by Crippen LogP contribution is -2.04. The van der Waals surface area contributed by atoms with Crippen molar-refractivity contribution >= 4 is 59.5 Å². The predicted octanol–water partition coefficient (Wildman–Crippen LogP) is 3.63. The maximum absolute atomic E-state index is 10.9. The zero-order valence-electron chi connectivity index (χ0n) is 7.28. The molecule has 13 heavy (non-hydrogen) atoms. The van der Waals surface area contributed by atoms with E-state index in [9.17, 15) is 4.79 Å². The van der Waals surface area contributed by atoms with Crippen molar-refractivity contribution in [2.45, 2.75) is 20.3 Å². The van der Waals surface area contributed by atoms with Crippen molar-refractivity contribution in [1.82, 2.24) is 0 Å². The van der Waals surface area contributed by atoms with Gasteiger partial charge in [-0.05, 0) is 25.0 Å². The lowest BCUT2D eigenvalue weighted by molar-refractivity contribution is -0.115. The Morgan fingerprint density at radius 2 is 2.00 bits per heavy atom. The third-order valence-electron chi connectivity index (χ3n) is 2.10. The van der Waals surface area contributed by atoms with Crippen molar-refractivity contribution in [2.24, 2.45) is 0 Å². The van der Waals surface area contributed by atoms with E-state index in [1.54, 1.807) is 11.3 Å². The van der Waals surface area contributed by atoms with Crippen LogP contribution in [0.4, 0.5) is 5.00 Å². The molecule has 0 saturated heterocycles. The molecule has 2 rings (SSSR count). The molecule has 1 aliphatic rings. The topological polar surface area (TPSA) is 29.1 Å². The number of carbonyl (C=O) groups is 1. The summed E-state index contributed by atoms with van der Waals surface area (Å²) in [6.07, 6.45) is 0.575. The van der Waals surface area contributed by atoms with E-state index < -0.39 is 0 Å². The summed E-state index contributed by atoms with van der Waals surface area (Å²) >= 11 is 5.92. The van der Waals surface area contributed by atoms with E-state index >= 15 is 0 Å². The Labute approximate surface area is 105 Å². The number of rotatable bonds is 0. The number of aryl methyl sites for hydroxylation is 1. The fourth-order valence-corrected chi connectivity index (χ4v) is 2.42. The van der Waals surface area contributed by atoms with E-state index in [4.69, 9.17) is 0 Å². The third kappa shape index (κ3) is 2.35. The van der Waals surface area contributed by atoms with E-state index in [-0.39, 0.29) is 5.91 Å². The van der Waals surface area contributed by atoms with Gasteiger partial charge in [-0.25, -0.2) is 0 Å². The van der Waals surface area contributed by atoms with Gasteiger partial charge in [-0.2, -0.15) is 0 Å². The average molecular weight is 421 g/mol. The Hall–Kier alpha value is 0.630. The maximum atomic E-state index is 10.9. The summed E-state index contributed by atoms with van der Waals surface area (Å²) in [7, 11) is 0. The summed E-state index contributed by atoms with van der Waals surface area (Å²) in [5.41, 5.74) is 2.49. The van der Waals surface area contributed by atoms with E-state index in [0.29, 0.717) is 6.42 Å². The van der Waals surface area contributed by atoms with Crippen LogP contribution in [0.2, 0.25) is 0 Å². The highest BCUT2D eigenvalue weighted by Gasteiger charge is 2.22. The average Bonchev–Trinajstić information content (AvgIpc) is 2.58. The fourth-order valence-electron chi connectivity index (χ4n) is 1.32. The lowest BCUT2D eigenvalue weighted by Gasteiger charge is -1.90. The van der Waals surface area contributed by atoms with Gasteiger partial charge in [-0.3, -0.25) is 4.79 Å². The largest absolute Gasteiger partial charge is 0.317 e. The van der Waals surface area contributed by atoms with Gasteiger partial charge in [0.15, 0.2) is 0 Å². The van der Waals surface area contributed by atoms with Crippen LogP contribution in [0.1, 0.15) is 16.0 Å². The molecule has 0 aliphatic carbocycles. The monoisotopic (exact) mass is 421 g/mol. The van der Waals surface area contributed by atoms with Gasteiger partial charge in [-0.15, -0.1) is 11.3 Å². The SMILES string of the molecule is Cc1sc2c(c1C)CC(=O)N2.II. The first-order valence-electron chi connectivity index (χ1n) is 3.71. The highest BCUT2D eigenvalue weighted by Crippen LogP contribution is 2.36. The van der Waals surface area contributed by atoms with Crippen LogP contribution in [0.25, 0.3) is 0 Å². The second kappa shape index (κ2) is 4.92. The normalized spacial score (nSPS) is 13.1. The number of fused-ring (bicyclic) bond motifs is 1. The Kier molecular flexibility index (Phi) is 4.43. The quantitative estimate of drug-likeness (QED) is 0.638. The molecular formula is C8H9I2NOS. The first kappa shape index (κ1) is 11.7. The number of hydrogen-bond acceptors (Lipinski definition) is 2. The molecule has 1 amide bonds. The molecule has 0 fully saturated rings. The first-order chi connectivity index (χ1) is 6.18. The molecule has 0 unspecified atom stereocenters. The standard InChI is InChI=1S/C8H9NOS.I2/c1-4-5(2)11-8-6(4)3-7(10)9-8;1-2/h3H2,1-2H3,(H,9,10);. The van der Waals surface area contributed by atoms with Gasteiger partial charge in [0.05, 0.1) is 11.4 Å². The minimum absolute atomic E-state index is 0.134. The van der Waals surface area contributed by atoms with Gasteiger partial charge in [0.2, 0.25) is 5.91 Å². The lowest BCUT2D eigenvalue weighted by atomic mass is 10.1. The molecule has 2 heterocycles. The second-order valence-electron chi connectivity index (χ2n) is 2.82. The summed E-state index contributed by atoms with van der Waals surface area (Å²) in [6.45, 7) is 4.16. The van der Waals surface area contributed by atoms with Gasteiger partial charge < -0.3 is 5.32 Å². The summed E-state index contributed by atoms with van der Waals surface area (Å²) in [4.78, 5) is 12.2. The molecule has 0 saturated carbocycles. The van der Waals surface area contributed by atoms with Gasteiger partial charge >= 0.3 is 0 Å². The smallest absolute Gasteiger partial charge is 0.229 e. The van der Waals surface area contributed by atoms with E-state index in [1.165, 1.54) is 16.0 Å². The fraction of sp³-hybridized carbons (Fsp3) is 0.375. The summed E-state index contributed by atoms with van der Waals surface area (Å²) in [5.74, 6) is 0.134. The van der Waals surface area contributed by atoms with Gasteiger partial charge in [0, 0.05) is 42.1 Å². The van der Waals surface area contributed by atoms with E-state index in [0.717, 1.165) is 5.00 Å². The molecule has 0 radical (unpaired) electrons. The van der Waals surface area contributed by atoms with E-state index in [1.807, 2.05) is 0 Å². The van der Waals surface area contributed by atoms with Crippen molar-refractivity contribution in [3.05, 3.63) is 16.0 Å². The van der Waals surface area contributed by atoms with Crippen molar-refractivity contribution in [3.63, 3.8) is 0 Å². The second-order valence-corrected chi connectivity index (χ2v) is 4.04. The van der Waals surface area contributed by atoms with Gasteiger partial charge in [0.25, 0.3) is 0 Å². The summed E-state index contributed by atoms with van der Waals surface area (Å²) in [6, 6.07) is 0. The molecule has 0 aromatic carbocycles. The zero-order chi connectivity index (χ0) is 10.0. The highest BCUT2D eigenvalue weighted by atomic mass is 128. The number of carbonyl (C=O) groups excluding carboxylic acids is 1. The van der Waals surface area contributed by atoms with Crippen LogP contribution in [-0.2, 0) is 11.2 Å². The number of anilines is 1.